The number of carbonyl (C=O) groups is 1. The SMILES string of the molecule is Cc1nnc(CN2CCN(C(=O)c3cc(Cl)ccc3F)CC2)o1. The summed E-state index contributed by atoms with van der Waals surface area (Å²) in [6.07, 6.45) is 0. The maximum atomic E-state index is 13.8. The summed E-state index contributed by atoms with van der Waals surface area (Å²) in [5.41, 5.74) is 0.0125. The molecule has 1 aliphatic rings. The topological polar surface area (TPSA) is 62.5 Å². The van der Waals surface area contributed by atoms with Gasteiger partial charge in [0.05, 0.1) is 12.1 Å². The Kier molecular flexibility index (Phi) is 4.58. The zero-order valence-electron chi connectivity index (χ0n) is 12.6. The first kappa shape index (κ1) is 15.9. The van der Waals surface area contributed by atoms with Crippen LogP contribution in [0.25, 0.3) is 0 Å². The molecule has 8 heteroatoms. The first-order chi connectivity index (χ1) is 11.0. The van der Waals surface area contributed by atoms with Crippen LogP contribution < -0.4 is 0 Å². The number of carbonyl (C=O) groups excluding carboxylic acids is 1. The molecule has 0 spiro atoms. The third-order valence-corrected chi connectivity index (χ3v) is 3.98. The normalized spacial score (nSPS) is 15.9. The lowest BCUT2D eigenvalue weighted by Crippen LogP contribution is -2.48. The lowest BCUT2D eigenvalue weighted by molar-refractivity contribution is 0.0613. The van der Waals surface area contributed by atoms with Crippen molar-refractivity contribution in [2.24, 2.45) is 0 Å². The summed E-state index contributed by atoms with van der Waals surface area (Å²) in [7, 11) is 0. The molecular weight excluding hydrogens is 323 g/mol. The molecule has 2 heterocycles. The van der Waals surface area contributed by atoms with E-state index in [0.717, 1.165) is 0 Å². The minimum Gasteiger partial charge on any atom is -0.424 e. The van der Waals surface area contributed by atoms with Gasteiger partial charge < -0.3 is 9.32 Å². The molecule has 6 nitrogen and oxygen atoms in total. The van der Waals surface area contributed by atoms with Crippen LogP contribution in [-0.4, -0.2) is 52.1 Å². The van der Waals surface area contributed by atoms with Gasteiger partial charge in [0.15, 0.2) is 0 Å². The van der Waals surface area contributed by atoms with Crippen molar-refractivity contribution in [1.29, 1.82) is 0 Å². The summed E-state index contributed by atoms with van der Waals surface area (Å²) in [4.78, 5) is 16.2. The molecule has 1 aromatic heterocycles. The Morgan fingerprint density at radius 2 is 2.04 bits per heavy atom. The molecule has 1 aliphatic heterocycles. The number of aryl methyl sites for hydroxylation is 1. The highest BCUT2D eigenvalue weighted by Gasteiger charge is 2.25. The standard InChI is InChI=1S/C15H16ClFN4O2/c1-10-18-19-14(23-10)9-20-4-6-21(7-5-20)15(22)12-8-11(16)2-3-13(12)17/h2-3,8H,4-7,9H2,1H3. The van der Waals surface area contributed by atoms with Gasteiger partial charge in [-0.1, -0.05) is 11.6 Å². The Hall–Kier alpha value is -1.99. The molecule has 1 fully saturated rings. The zero-order valence-corrected chi connectivity index (χ0v) is 13.4. The lowest BCUT2D eigenvalue weighted by Gasteiger charge is -2.34. The van der Waals surface area contributed by atoms with E-state index in [1.165, 1.54) is 18.2 Å². The minimum absolute atomic E-state index is 0.0125. The quantitative estimate of drug-likeness (QED) is 0.858. The number of benzene rings is 1. The molecule has 0 atom stereocenters. The van der Waals surface area contributed by atoms with Crippen molar-refractivity contribution < 1.29 is 13.6 Å². The van der Waals surface area contributed by atoms with Crippen LogP contribution in [0.3, 0.4) is 0 Å². The Morgan fingerprint density at radius 3 is 2.70 bits per heavy atom. The summed E-state index contributed by atoms with van der Waals surface area (Å²) >= 11 is 5.85. The highest BCUT2D eigenvalue weighted by atomic mass is 35.5. The molecule has 23 heavy (non-hydrogen) atoms. The van der Waals surface area contributed by atoms with Gasteiger partial charge in [-0.25, -0.2) is 4.39 Å². The minimum atomic E-state index is -0.553. The van der Waals surface area contributed by atoms with Crippen LogP contribution in [0, 0.1) is 12.7 Å². The second-order valence-electron chi connectivity index (χ2n) is 5.41. The molecule has 1 aromatic carbocycles. The summed E-state index contributed by atoms with van der Waals surface area (Å²) in [5.74, 6) is 0.204. The Balaban J connectivity index is 1.60. The first-order valence-electron chi connectivity index (χ1n) is 7.28. The van der Waals surface area contributed by atoms with Crippen molar-refractivity contribution in [1.82, 2.24) is 20.0 Å². The van der Waals surface area contributed by atoms with E-state index in [0.29, 0.717) is 49.5 Å². The number of nitrogens with zero attached hydrogens (tertiary/aromatic N) is 4. The van der Waals surface area contributed by atoms with Crippen molar-refractivity contribution in [2.75, 3.05) is 26.2 Å². The summed E-state index contributed by atoms with van der Waals surface area (Å²) < 4.78 is 19.1. The van der Waals surface area contributed by atoms with Gasteiger partial charge in [0.25, 0.3) is 5.91 Å². The number of piperazine rings is 1. The van der Waals surface area contributed by atoms with E-state index in [-0.39, 0.29) is 11.5 Å². The summed E-state index contributed by atoms with van der Waals surface area (Å²) in [6, 6.07) is 4.01. The number of hydrogen-bond acceptors (Lipinski definition) is 5. The second-order valence-corrected chi connectivity index (χ2v) is 5.84. The summed E-state index contributed by atoms with van der Waals surface area (Å²) in [6.45, 7) is 4.64. The molecule has 0 bridgehead atoms. The van der Waals surface area contributed by atoms with Crippen LogP contribution in [0.4, 0.5) is 4.39 Å². The molecule has 1 amide bonds. The van der Waals surface area contributed by atoms with Crippen molar-refractivity contribution >= 4 is 17.5 Å². The van der Waals surface area contributed by atoms with Crippen LogP contribution in [0.2, 0.25) is 5.02 Å². The van der Waals surface area contributed by atoms with E-state index in [2.05, 4.69) is 15.1 Å². The van der Waals surface area contributed by atoms with E-state index < -0.39 is 5.82 Å². The Morgan fingerprint density at radius 1 is 1.30 bits per heavy atom. The van der Waals surface area contributed by atoms with E-state index in [1.54, 1.807) is 11.8 Å². The largest absolute Gasteiger partial charge is 0.424 e. The van der Waals surface area contributed by atoms with Gasteiger partial charge in [-0.2, -0.15) is 0 Å². The molecule has 0 unspecified atom stereocenters. The van der Waals surface area contributed by atoms with Crippen LogP contribution in [0.1, 0.15) is 22.1 Å². The van der Waals surface area contributed by atoms with Crippen LogP contribution >= 0.6 is 11.6 Å². The molecule has 0 saturated carbocycles. The molecule has 3 rings (SSSR count). The van der Waals surface area contributed by atoms with Gasteiger partial charge in [-0.05, 0) is 18.2 Å². The third-order valence-electron chi connectivity index (χ3n) is 3.75. The van der Waals surface area contributed by atoms with E-state index in [4.69, 9.17) is 16.0 Å². The van der Waals surface area contributed by atoms with Crippen molar-refractivity contribution in [3.05, 3.63) is 46.4 Å². The number of hydrogen-bond donors (Lipinski definition) is 0. The molecule has 1 saturated heterocycles. The Bertz CT molecular complexity index is 713. The van der Waals surface area contributed by atoms with Gasteiger partial charge in [-0.15, -0.1) is 10.2 Å². The number of amides is 1. The molecule has 122 valence electrons. The average molecular weight is 339 g/mol. The fourth-order valence-corrected chi connectivity index (χ4v) is 2.71. The zero-order chi connectivity index (χ0) is 16.4. The predicted octanol–water partition coefficient (Wildman–Crippen LogP) is 2.13. The molecule has 0 N–H and O–H groups in total. The fourth-order valence-electron chi connectivity index (χ4n) is 2.53. The van der Waals surface area contributed by atoms with Gasteiger partial charge >= 0.3 is 0 Å². The van der Waals surface area contributed by atoms with Gasteiger partial charge in [0.1, 0.15) is 5.82 Å². The second kappa shape index (κ2) is 6.64. The smallest absolute Gasteiger partial charge is 0.256 e. The van der Waals surface area contributed by atoms with Gasteiger partial charge in [0.2, 0.25) is 11.8 Å². The maximum Gasteiger partial charge on any atom is 0.256 e. The fraction of sp³-hybridized carbons (Fsp3) is 0.400. The number of rotatable bonds is 3. The average Bonchev–Trinajstić information content (AvgIpc) is 2.95. The molecule has 0 aliphatic carbocycles. The maximum absolute atomic E-state index is 13.8. The molecular formula is C15H16ClFN4O2. The molecule has 0 radical (unpaired) electrons. The van der Waals surface area contributed by atoms with Gasteiger partial charge in [0, 0.05) is 38.1 Å². The summed E-state index contributed by atoms with van der Waals surface area (Å²) in [5, 5.41) is 8.10. The van der Waals surface area contributed by atoms with Crippen LogP contribution in [-0.2, 0) is 6.54 Å². The van der Waals surface area contributed by atoms with Crippen molar-refractivity contribution in [3.63, 3.8) is 0 Å². The van der Waals surface area contributed by atoms with Crippen molar-refractivity contribution in [3.8, 4) is 0 Å². The third kappa shape index (κ3) is 3.68. The van der Waals surface area contributed by atoms with E-state index >= 15 is 0 Å². The first-order valence-corrected chi connectivity index (χ1v) is 7.66. The Labute approximate surface area is 137 Å². The van der Waals surface area contributed by atoms with Crippen molar-refractivity contribution in [2.45, 2.75) is 13.5 Å². The van der Waals surface area contributed by atoms with Crippen LogP contribution in [0.5, 0.6) is 0 Å². The molecule has 2 aromatic rings. The lowest BCUT2D eigenvalue weighted by atomic mass is 10.1. The van der Waals surface area contributed by atoms with E-state index in [1.807, 2.05) is 0 Å². The van der Waals surface area contributed by atoms with Crippen LogP contribution in [0.15, 0.2) is 22.6 Å². The van der Waals surface area contributed by atoms with E-state index in [9.17, 15) is 9.18 Å². The highest BCUT2D eigenvalue weighted by Crippen LogP contribution is 2.18. The number of aromatic nitrogens is 2. The number of halogens is 2. The monoisotopic (exact) mass is 338 g/mol. The van der Waals surface area contributed by atoms with Gasteiger partial charge in [-0.3, -0.25) is 9.69 Å². The predicted molar refractivity (Wildman–Crippen MR) is 81.6 cm³/mol. The highest BCUT2D eigenvalue weighted by molar-refractivity contribution is 6.31.